The minimum absolute atomic E-state index is 0.684. The van der Waals surface area contributed by atoms with Crippen LogP contribution in [0.2, 0.25) is 0 Å². The maximum atomic E-state index is 5.10. The van der Waals surface area contributed by atoms with E-state index in [1.165, 1.54) is 5.57 Å². The van der Waals surface area contributed by atoms with Crippen LogP contribution in [0.3, 0.4) is 0 Å². The third-order valence-corrected chi connectivity index (χ3v) is 1.55. The van der Waals surface area contributed by atoms with Crippen molar-refractivity contribution in [2.75, 3.05) is 6.61 Å². The summed E-state index contributed by atoms with van der Waals surface area (Å²) in [6.07, 6.45) is 7.66. The Labute approximate surface area is 59.9 Å². The molecule has 2 rings (SSSR count). The quantitative estimate of drug-likeness (QED) is 0.535. The van der Waals surface area contributed by atoms with Crippen molar-refractivity contribution in [3.8, 4) is 0 Å². The molecular formula is C8H8NO. The van der Waals surface area contributed by atoms with Crippen LogP contribution in [0.15, 0.2) is 35.8 Å². The van der Waals surface area contributed by atoms with Crippen molar-refractivity contribution in [3.63, 3.8) is 0 Å². The van der Waals surface area contributed by atoms with Gasteiger partial charge in [-0.1, -0.05) is 12.2 Å². The first-order chi connectivity index (χ1) is 4.97. The molecule has 2 heteroatoms. The molecule has 0 aromatic carbocycles. The molecule has 2 aliphatic heterocycles. The standard InChI is InChI=1S/C8H8NO/c1-2-7-6-10-5-3-8(7)9-4-1/h1-5,9H,6H2. The van der Waals surface area contributed by atoms with Gasteiger partial charge < -0.3 is 10.1 Å². The molecule has 1 N–H and O–H groups in total. The summed E-state index contributed by atoms with van der Waals surface area (Å²) in [5, 5.41) is 3.12. The van der Waals surface area contributed by atoms with Gasteiger partial charge in [0.15, 0.2) is 0 Å². The average molecular weight is 134 g/mol. The molecule has 0 bridgehead atoms. The molecule has 0 spiro atoms. The Morgan fingerprint density at radius 3 is 3.30 bits per heavy atom. The van der Waals surface area contributed by atoms with Crippen LogP contribution in [0.25, 0.3) is 0 Å². The SMILES string of the molecule is [CH]1C=CC2=C(C=COC2)N1. The topological polar surface area (TPSA) is 21.3 Å². The molecule has 0 amide bonds. The maximum absolute atomic E-state index is 5.10. The van der Waals surface area contributed by atoms with E-state index in [-0.39, 0.29) is 0 Å². The number of dihydropyridines is 1. The van der Waals surface area contributed by atoms with Crippen molar-refractivity contribution >= 4 is 0 Å². The lowest BCUT2D eigenvalue weighted by Crippen LogP contribution is -2.16. The zero-order valence-electron chi connectivity index (χ0n) is 5.50. The van der Waals surface area contributed by atoms with Gasteiger partial charge >= 0.3 is 0 Å². The molecular weight excluding hydrogens is 126 g/mol. The summed E-state index contributed by atoms with van der Waals surface area (Å²) in [6.45, 7) is 2.59. The van der Waals surface area contributed by atoms with Crippen LogP contribution < -0.4 is 5.32 Å². The zero-order chi connectivity index (χ0) is 6.81. The van der Waals surface area contributed by atoms with E-state index in [9.17, 15) is 0 Å². The first kappa shape index (κ1) is 5.59. The van der Waals surface area contributed by atoms with Gasteiger partial charge in [-0.05, 0) is 6.08 Å². The average Bonchev–Trinajstić information content (AvgIpc) is 2.05. The summed E-state index contributed by atoms with van der Waals surface area (Å²) in [5.74, 6) is 0. The van der Waals surface area contributed by atoms with Gasteiger partial charge in [0.1, 0.15) is 6.61 Å². The van der Waals surface area contributed by atoms with Crippen LogP contribution in [-0.4, -0.2) is 6.61 Å². The molecule has 0 saturated heterocycles. The summed E-state index contributed by atoms with van der Waals surface area (Å²) >= 11 is 0. The minimum atomic E-state index is 0.684. The Morgan fingerprint density at radius 2 is 2.40 bits per heavy atom. The van der Waals surface area contributed by atoms with E-state index >= 15 is 0 Å². The summed E-state index contributed by atoms with van der Waals surface area (Å²) in [7, 11) is 0. The maximum Gasteiger partial charge on any atom is 0.114 e. The van der Waals surface area contributed by atoms with Crippen LogP contribution in [0.4, 0.5) is 0 Å². The van der Waals surface area contributed by atoms with E-state index in [0.717, 1.165) is 5.70 Å². The highest BCUT2D eigenvalue weighted by atomic mass is 16.5. The fraction of sp³-hybridized carbons (Fsp3) is 0.125. The molecule has 51 valence electrons. The van der Waals surface area contributed by atoms with E-state index < -0.39 is 0 Å². The number of rotatable bonds is 0. The first-order valence-corrected chi connectivity index (χ1v) is 3.24. The van der Waals surface area contributed by atoms with Gasteiger partial charge in [0, 0.05) is 11.3 Å². The number of nitrogens with one attached hydrogen (secondary N) is 1. The first-order valence-electron chi connectivity index (χ1n) is 3.24. The Morgan fingerprint density at radius 1 is 1.40 bits per heavy atom. The van der Waals surface area contributed by atoms with Crippen molar-refractivity contribution in [3.05, 3.63) is 42.3 Å². The van der Waals surface area contributed by atoms with Crippen LogP contribution in [-0.2, 0) is 4.74 Å². The van der Waals surface area contributed by atoms with Gasteiger partial charge in [0.05, 0.1) is 12.8 Å². The molecule has 0 aromatic heterocycles. The van der Waals surface area contributed by atoms with E-state index in [1.54, 1.807) is 6.26 Å². The minimum Gasteiger partial charge on any atom is -0.496 e. The fourth-order valence-corrected chi connectivity index (χ4v) is 1.02. The highest BCUT2D eigenvalue weighted by molar-refractivity contribution is 5.38. The molecule has 0 saturated carbocycles. The van der Waals surface area contributed by atoms with Crippen LogP contribution >= 0.6 is 0 Å². The normalized spacial score (nSPS) is 21.6. The van der Waals surface area contributed by atoms with Gasteiger partial charge in [-0.3, -0.25) is 0 Å². The number of ether oxygens (including phenoxy) is 1. The van der Waals surface area contributed by atoms with Gasteiger partial charge in [-0.2, -0.15) is 0 Å². The second-order valence-electron chi connectivity index (χ2n) is 2.22. The monoisotopic (exact) mass is 134 g/mol. The molecule has 0 aliphatic carbocycles. The molecule has 2 aliphatic rings. The largest absolute Gasteiger partial charge is 0.496 e. The molecule has 0 unspecified atom stereocenters. The van der Waals surface area contributed by atoms with Crippen LogP contribution in [0.5, 0.6) is 0 Å². The Kier molecular flexibility index (Phi) is 1.24. The molecule has 0 aromatic rings. The molecule has 1 radical (unpaired) electrons. The molecule has 0 atom stereocenters. The van der Waals surface area contributed by atoms with Crippen molar-refractivity contribution in [2.45, 2.75) is 0 Å². The van der Waals surface area contributed by atoms with Gasteiger partial charge in [-0.15, -0.1) is 0 Å². The Hall–Kier alpha value is -1.18. The number of allylic oxidation sites excluding steroid dienone is 1. The van der Waals surface area contributed by atoms with E-state index in [1.807, 2.05) is 18.7 Å². The molecule has 2 nitrogen and oxygen atoms in total. The lowest BCUT2D eigenvalue weighted by Gasteiger charge is -2.17. The summed E-state index contributed by atoms with van der Waals surface area (Å²) in [4.78, 5) is 0. The second kappa shape index (κ2) is 2.21. The van der Waals surface area contributed by atoms with E-state index in [0.29, 0.717) is 6.61 Å². The van der Waals surface area contributed by atoms with Gasteiger partial charge in [0.2, 0.25) is 0 Å². The highest BCUT2D eigenvalue weighted by Crippen LogP contribution is 2.14. The Balaban J connectivity index is 2.32. The van der Waals surface area contributed by atoms with Crippen molar-refractivity contribution in [1.29, 1.82) is 0 Å². The summed E-state index contributed by atoms with van der Waals surface area (Å²) < 4.78 is 5.10. The van der Waals surface area contributed by atoms with Crippen molar-refractivity contribution in [2.24, 2.45) is 0 Å². The van der Waals surface area contributed by atoms with Crippen molar-refractivity contribution < 1.29 is 4.74 Å². The third-order valence-electron chi connectivity index (χ3n) is 1.55. The number of hydrogen-bond acceptors (Lipinski definition) is 2. The lowest BCUT2D eigenvalue weighted by molar-refractivity contribution is 0.276. The van der Waals surface area contributed by atoms with E-state index in [2.05, 4.69) is 11.4 Å². The Bertz CT molecular complexity index is 201. The second-order valence-corrected chi connectivity index (χ2v) is 2.22. The summed E-state index contributed by atoms with van der Waals surface area (Å²) in [5.41, 5.74) is 2.36. The third kappa shape index (κ3) is 0.817. The predicted octanol–water partition coefficient (Wildman–Crippen LogP) is 1.11. The van der Waals surface area contributed by atoms with Gasteiger partial charge in [-0.25, -0.2) is 0 Å². The number of hydrogen-bond donors (Lipinski definition) is 1. The fourth-order valence-electron chi connectivity index (χ4n) is 1.02. The highest BCUT2D eigenvalue weighted by Gasteiger charge is 2.07. The lowest BCUT2D eigenvalue weighted by atomic mass is 10.1. The van der Waals surface area contributed by atoms with Crippen molar-refractivity contribution in [1.82, 2.24) is 5.32 Å². The van der Waals surface area contributed by atoms with Gasteiger partial charge in [0.25, 0.3) is 0 Å². The van der Waals surface area contributed by atoms with Crippen LogP contribution in [0.1, 0.15) is 0 Å². The zero-order valence-corrected chi connectivity index (χ0v) is 5.50. The molecule has 0 fully saturated rings. The molecule has 10 heavy (non-hydrogen) atoms. The van der Waals surface area contributed by atoms with E-state index in [4.69, 9.17) is 4.74 Å². The van der Waals surface area contributed by atoms with Crippen LogP contribution in [0, 0.1) is 6.54 Å². The predicted molar refractivity (Wildman–Crippen MR) is 38.7 cm³/mol. The molecule has 2 heterocycles. The smallest absolute Gasteiger partial charge is 0.114 e. The summed E-state index contributed by atoms with van der Waals surface area (Å²) in [6, 6.07) is 0.